The quantitative estimate of drug-likeness (QED) is 0.741. The summed E-state index contributed by atoms with van der Waals surface area (Å²) in [6.45, 7) is 2.51. The van der Waals surface area contributed by atoms with Gasteiger partial charge >= 0.3 is 0 Å². The zero-order valence-electron chi connectivity index (χ0n) is 14.1. The number of hydrogen-bond acceptors (Lipinski definition) is 4. The molecule has 2 aromatic carbocycles. The van der Waals surface area contributed by atoms with Gasteiger partial charge in [0.2, 0.25) is 15.3 Å². The SMILES string of the molecule is CCCCn1cc(S(=O)(=O)c2ccc(O)cc2)c(=O)c2cc(F)ccc21. The van der Waals surface area contributed by atoms with E-state index in [1.165, 1.54) is 42.6 Å². The third-order valence-corrected chi connectivity index (χ3v) is 5.96. The molecule has 136 valence electrons. The van der Waals surface area contributed by atoms with Gasteiger partial charge in [-0.05, 0) is 48.9 Å². The zero-order valence-corrected chi connectivity index (χ0v) is 15.0. The first kappa shape index (κ1) is 18.1. The number of phenols is 1. The number of rotatable bonds is 5. The Hall–Kier alpha value is -2.67. The van der Waals surface area contributed by atoms with Crippen LogP contribution in [0.4, 0.5) is 4.39 Å². The summed E-state index contributed by atoms with van der Waals surface area (Å²) in [6.07, 6.45) is 2.99. The van der Waals surface area contributed by atoms with Crippen LogP contribution in [0.25, 0.3) is 10.9 Å². The molecule has 1 N–H and O–H groups in total. The second-order valence-electron chi connectivity index (χ2n) is 6.03. The predicted molar refractivity (Wildman–Crippen MR) is 96.6 cm³/mol. The van der Waals surface area contributed by atoms with Gasteiger partial charge in [-0.25, -0.2) is 12.8 Å². The van der Waals surface area contributed by atoms with Crippen molar-refractivity contribution in [2.75, 3.05) is 0 Å². The van der Waals surface area contributed by atoms with Crippen molar-refractivity contribution in [3.05, 3.63) is 64.7 Å². The van der Waals surface area contributed by atoms with E-state index >= 15 is 0 Å². The number of aromatic hydroxyl groups is 1. The van der Waals surface area contributed by atoms with E-state index < -0.39 is 26.0 Å². The Labute approximate surface area is 150 Å². The Kier molecular flexibility index (Phi) is 4.82. The maximum Gasteiger partial charge on any atom is 0.211 e. The molecule has 0 amide bonds. The molecule has 26 heavy (non-hydrogen) atoms. The van der Waals surface area contributed by atoms with Crippen LogP contribution >= 0.6 is 0 Å². The number of nitrogens with zero attached hydrogens (tertiary/aromatic N) is 1. The van der Waals surface area contributed by atoms with E-state index in [1.54, 1.807) is 4.57 Å². The highest BCUT2D eigenvalue weighted by atomic mass is 32.2. The molecule has 7 heteroatoms. The van der Waals surface area contributed by atoms with Gasteiger partial charge in [-0.3, -0.25) is 4.79 Å². The fourth-order valence-corrected chi connectivity index (χ4v) is 4.17. The number of benzene rings is 2. The van der Waals surface area contributed by atoms with Crippen molar-refractivity contribution >= 4 is 20.7 Å². The lowest BCUT2D eigenvalue weighted by Gasteiger charge is -2.14. The van der Waals surface area contributed by atoms with Gasteiger partial charge in [-0.1, -0.05) is 13.3 Å². The van der Waals surface area contributed by atoms with Gasteiger partial charge in [0, 0.05) is 18.1 Å². The number of phenolic OH excluding ortho intramolecular Hbond substituents is 1. The molecule has 5 nitrogen and oxygen atoms in total. The molecule has 0 saturated heterocycles. The molecule has 0 atom stereocenters. The molecular weight excluding hydrogens is 357 g/mol. The van der Waals surface area contributed by atoms with Crippen LogP contribution in [0.1, 0.15) is 19.8 Å². The average molecular weight is 375 g/mol. The molecule has 0 aliphatic heterocycles. The van der Waals surface area contributed by atoms with E-state index in [0.29, 0.717) is 12.1 Å². The van der Waals surface area contributed by atoms with Crippen molar-refractivity contribution in [2.45, 2.75) is 36.1 Å². The van der Waals surface area contributed by atoms with Crippen molar-refractivity contribution < 1.29 is 17.9 Å². The molecule has 0 spiro atoms. The number of hydrogen-bond donors (Lipinski definition) is 1. The lowest BCUT2D eigenvalue weighted by atomic mass is 10.2. The molecule has 3 rings (SSSR count). The minimum Gasteiger partial charge on any atom is -0.508 e. The van der Waals surface area contributed by atoms with E-state index in [9.17, 15) is 22.7 Å². The Morgan fingerprint density at radius 3 is 2.46 bits per heavy atom. The fourth-order valence-electron chi connectivity index (χ4n) is 2.80. The van der Waals surface area contributed by atoms with Gasteiger partial charge in [0.1, 0.15) is 16.5 Å². The first-order chi connectivity index (χ1) is 12.3. The molecule has 0 aliphatic rings. The van der Waals surface area contributed by atoms with Crippen LogP contribution < -0.4 is 5.43 Å². The van der Waals surface area contributed by atoms with E-state index in [-0.39, 0.29) is 16.0 Å². The van der Waals surface area contributed by atoms with Crippen molar-refractivity contribution in [3.63, 3.8) is 0 Å². The van der Waals surface area contributed by atoms with E-state index in [4.69, 9.17) is 0 Å². The highest BCUT2D eigenvalue weighted by Crippen LogP contribution is 2.23. The van der Waals surface area contributed by atoms with Crippen LogP contribution in [0.5, 0.6) is 5.75 Å². The Bertz CT molecular complexity index is 1120. The monoisotopic (exact) mass is 375 g/mol. The zero-order chi connectivity index (χ0) is 18.9. The summed E-state index contributed by atoms with van der Waals surface area (Å²) in [5, 5.41) is 9.39. The van der Waals surface area contributed by atoms with Gasteiger partial charge in [0.25, 0.3) is 0 Å². The molecule has 0 aliphatic carbocycles. The van der Waals surface area contributed by atoms with Gasteiger partial charge in [-0.15, -0.1) is 0 Å². The van der Waals surface area contributed by atoms with Crippen LogP contribution in [0.15, 0.2) is 63.2 Å². The molecule has 3 aromatic rings. The van der Waals surface area contributed by atoms with Crippen molar-refractivity contribution in [1.82, 2.24) is 4.57 Å². The minimum atomic E-state index is -4.11. The first-order valence-corrected chi connectivity index (χ1v) is 9.69. The third kappa shape index (κ3) is 3.22. The van der Waals surface area contributed by atoms with Crippen LogP contribution in [-0.2, 0) is 16.4 Å². The summed E-state index contributed by atoms with van der Waals surface area (Å²) < 4.78 is 41.2. The van der Waals surface area contributed by atoms with E-state index in [2.05, 4.69) is 0 Å². The number of fused-ring (bicyclic) bond motifs is 1. The van der Waals surface area contributed by atoms with Crippen molar-refractivity contribution in [3.8, 4) is 5.75 Å². The number of aromatic nitrogens is 1. The predicted octanol–water partition coefficient (Wildman–Crippen LogP) is 3.48. The third-order valence-electron chi connectivity index (χ3n) is 4.20. The number of aryl methyl sites for hydroxylation is 1. The highest BCUT2D eigenvalue weighted by molar-refractivity contribution is 7.91. The maximum absolute atomic E-state index is 13.7. The van der Waals surface area contributed by atoms with Crippen molar-refractivity contribution in [2.24, 2.45) is 0 Å². The van der Waals surface area contributed by atoms with Gasteiger partial charge in [-0.2, -0.15) is 0 Å². The van der Waals surface area contributed by atoms with Gasteiger partial charge in [0.15, 0.2) is 0 Å². The molecule has 1 heterocycles. The minimum absolute atomic E-state index is 0.0287. The number of halogens is 1. The standard InChI is InChI=1S/C19H18FNO4S/c1-2-3-10-21-12-18(19(23)16-11-13(20)4-9-17(16)21)26(24,25)15-7-5-14(22)6-8-15/h4-9,11-12,22H,2-3,10H2,1H3. The van der Waals surface area contributed by atoms with Crippen LogP contribution in [0.3, 0.4) is 0 Å². The van der Waals surface area contributed by atoms with E-state index in [0.717, 1.165) is 18.9 Å². The second kappa shape index (κ2) is 6.92. The maximum atomic E-state index is 13.7. The summed E-state index contributed by atoms with van der Waals surface area (Å²) >= 11 is 0. The Morgan fingerprint density at radius 1 is 1.12 bits per heavy atom. The Balaban J connectivity index is 2.30. The van der Waals surface area contributed by atoms with Crippen LogP contribution in [0, 0.1) is 5.82 Å². The second-order valence-corrected chi connectivity index (χ2v) is 7.95. The molecule has 0 radical (unpaired) electrons. The fraction of sp³-hybridized carbons (Fsp3) is 0.211. The Morgan fingerprint density at radius 2 is 1.81 bits per heavy atom. The first-order valence-electron chi connectivity index (χ1n) is 8.21. The van der Waals surface area contributed by atoms with Gasteiger partial charge < -0.3 is 9.67 Å². The molecule has 0 bridgehead atoms. The highest BCUT2D eigenvalue weighted by Gasteiger charge is 2.24. The molecule has 1 aromatic heterocycles. The average Bonchev–Trinajstić information content (AvgIpc) is 2.61. The largest absolute Gasteiger partial charge is 0.508 e. The van der Waals surface area contributed by atoms with E-state index in [1.807, 2.05) is 6.92 Å². The van der Waals surface area contributed by atoms with Crippen molar-refractivity contribution in [1.29, 1.82) is 0 Å². The molecule has 0 fully saturated rings. The summed E-state index contributed by atoms with van der Waals surface area (Å²) in [5.41, 5.74) is -0.241. The van der Waals surface area contributed by atoms with Crippen LogP contribution in [0.2, 0.25) is 0 Å². The lowest BCUT2D eigenvalue weighted by Crippen LogP contribution is -2.19. The summed E-state index contributed by atoms with van der Waals surface area (Å²) in [6, 6.07) is 8.74. The molecule has 0 unspecified atom stereocenters. The smallest absolute Gasteiger partial charge is 0.211 e. The summed E-state index contributed by atoms with van der Waals surface area (Å²) in [4.78, 5) is 12.3. The van der Waals surface area contributed by atoms with Crippen LogP contribution in [-0.4, -0.2) is 18.1 Å². The number of sulfone groups is 1. The number of unbranched alkanes of at least 4 members (excludes halogenated alkanes) is 1. The molecule has 0 saturated carbocycles. The summed E-state index contributed by atoms with van der Waals surface area (Å²) in [7, 11) is -4.11. The summed E-state index contributed by atoms with van der Waals surface area (Å²) in [5.74, 6) is -0.680. The lowest BCUT2D eigenvalue weighted by molar-refractivity contribution is 0.475. The van der Waals surface area contributed by atoms with Gasteiger partial charge in [0.05, 0.1) is 10.4 Å². The normalized spacial score (nSPS) is 11.8. The number of pyridine rings is 1. The topological polar surface area (TPSA) is 76.4 Å². The molecular formula is C19H18FNO4S.